The maximum atomic E-state index is 11.0. The van der Waals surface area contributed by atoms with Crippen molar-refractivity contribution < 1.29 is 9.85 Å². The maximum Gasteiger partial charge on any atom is 0.293 e. The summed E-state index contributed by atoms with van der Waals surface area (Å²) in [5.41, 5.74) is 4.26. The fourth-order valence-corrected chi connectivity index (χ4v) is 3.39. The summed E-state index contributed by atoms with van der Waals surface area (Å²) < 4.78 is 0. The Morgan fingerprint density at radius 3 is 2.10 bits per heavy atom. The van der Waals surface area contributed by atoms with Gasteiger partial charge in [-0.05, 0) is 23.3 Å². The van der Waals surface area contributed by atoms with Crippen LogP contribution >= 0.6 is 11.6 Å². The Labute approximate surface area is 177 Å². The van der Waals surface area contributed by atoms with E-state index >= 15 is 0 Å². The van der Waals surface area contributed by atoms with E-state index in [1.165, 1.54) is 6.07 Å². The first-order chi connectivity index (χ1) is 14.3. The van der Waals surface area contributed by atoms with Crippen LogP contribution in [0.25, 0.3) is 0 Å². The van der Waals surface area contributed by atoms with Crippen LogP contribution in [0.3, 0.4) is 0 Å². The van der Waals surface area contributed by atoms with Gasteiger partial charge >= 0.3 is 0 Å². The highest BCUT2D eigenvalue weighted by molar-refractivity contribution is 6.32. The van der Waals surface area contributed by atoms with E-state index in [4.69, 9.17) is 11.6 Å². The highest BCUT2D eigenvalue weighted by Gasteiger charge is 2.21. The minimum atomic E-state index is -0.491. The number of nitrogens with zero attached hydrogens (tertiary/aromatic N) is 5. The predicted octanol–water partition coefficient (Wildman–Crippen LogP) is 4.33. The molecule has 0 saturated carbocycles. The first-order valence-corrected chi connectivity index (χ1v) is 9.29. The van der Waals surface area contributed by atoms with Gasteiger partial charge in [-0.3, -0.25) is 30.2 Å². The molecule has 0 aliphatic carbocycles. The molecule has 0 bridgehead atoms. The predicted molar refractivity (Wildman–Crippen MR) is 117 cm³/mol. The lowest BCUT2D eigenvalue weighted by molar-refractivity contribution is -0.384. The zero-order valence-electron chi connectivity index (χ0n) is 16.1. The highest BCUT2D eigenvalue weighted by atomic mass is 35.5. The van der Waals surface area contributed by atoms with Gasteiger partial charge in [0.2, 0.25) is 0 Å². The molecule has 0 fully saturated rings. The zero-order chi connectivity index (χ0) is 21.8. The van der Waals surface area contributed by atoms with Crippen LogP contribution in [0.1, 0.15) is 22.3 Å². The Kier molecular flexibility index (Phi) is 6.22. The van der Waals surface area contributed by atoms with E-state index in [0.717, 1.165) is 22.3 Å². The molecule has 2 aromatic carbocycles. The molecule has 0 N–H and O–H groups in total. The van der Waals surface area contributed by atoms with Crippen LogP contribution in [0.2, 0.25) is 5.02 Å². The van der Waals surface area contributed by atoms with Gasteiger partial charge < -0.3 is 4.90 Å². The summed E-state index contributed by atoms with van der Waals surface area (Å²) >= 11 is 5.71. The molecular weight excluding hydrogens is 410 g/mol. The van der Waals surface area contributed by atoms with E-state index in [9.17, 15) is 20.2 Å². The summed E-state index contributed by atoms with van der Waals surface area (Å²) in [6.45, 7) is 5.37. The first-order valence-electron chi connectivity index (χ1n) is 8.91. The summed E-state index contributed by atoms with van der Waals surface area (Å²) in [6.07, 6.45) is 5.02. The van der Waals surface area contributed by atoms with Gasteiger partial charge in [-0.2, -0.15) is 0 Å². The molecule has 9 nitrogen and oxygen atoms in total. The third kappa shape index (κ3) is 4.36. The summed E-state index contributed by atoms with van der Waals surface area (Å²) in [5, 5.41) is 21.7. The normalized spacial score (nSPS) is 12.6. The zero-order valence-corrected chi connectivity index (χ0v) is 16.9. The van der Waals surface area contributed by atoms with Gasteiger partial charge in [0.1, 0.15) is 10.7 Å². The topological polar surface area (TPSA) is 114 Å². The quantitative estimate of drug-likeness (QED) is 0.400. The van der Waals surface area contributed by atoms with Crippen molar-refractivity contribution >= 4 is 41.1 Å². The number of benzene rings is 2. The second kappa shape index (κ2) is 8.83. The molecule has 0 spiro atoms. The van der Waals surface area contributed by atoms with Crippen molar-refractivity contribution in [2.24, 2.45) is 9.98 Å². The number of likely N-dealkylation sites (N-methyl/N-ethyl adjacent to an activating group) is 1. The van der Waals surface area contributed by atoms with Gasteiger partial charge in [-0.15, -0.1) is 6.58 Å². The lowest BCUT2D eigenvalue weighted by atomic mass is 10.1. The van der Waals surface area contributed by atoms with Crippen molar-refractivity contribution in [2.75, 3.05) is 18.5 Å². The average molecular weight is 428 g/mol. The number of fused-ring (bicyclic) bond motifs is 2. The molecular formula is C20H18ClN5O4. The van der Waals surface area contributed by atoms with Gasteiger partial charge in [0.05, 0.1) is 22.9 Å². The largest absolute Gasteiger partial charge is 0.365 e. The summed E-state index contributed by atoms with van der Waals surface area (Å²) in [6, 6.07) is 6.47. The fraction of sp³-hybridized carbons (Fsp3) is 0.200. The van der Waals surface area contributed by atoms with Crippen LogP contribution in [-0.2, 0) is 13.1 Å². The molecule has 4 rings (SSSR count). The minimum Gasteiger partial charge on any atom is -0.365 e. The SMILES string of the molecule is C=CCN(C)c1cc2c(cc1[N+](=O)[O-])C=NC2.O=[N+]([O-])c1cc2c(cc1Cl)CN=C2. The Bertz CT molecular complexity index is 1100. The molecule has 0 unspecified atom stereocenters. The molecule has 0 atom stereocenters. The lowest BCUT2D eigenvalue weighted by Crippen LogP contribution is -2.18. The van der Waals surface area contributed by atoms with Crippen LogP contribution in [0.4, 0.5) is 17.1 Å². The first kappa shape index (κ1) is 21.1. The van der Waals surface area contributed by atoms with Gasteiger partial charge in [0, 0.05) is 49.3 Å². The van der Waals surface area contributed by atoms with E-state index in [2.05, 4.69) is 16.6 Å². The van der Waals surface area contributed by atoms with Crippen molar-refractivity contribution in [1.29, 1.82) is 0 Å². The highest BCUT2D eigenvalue weighted by Crippen LogP contribution is 2.32. The van der Waals surface area contributed by atoms with Crippen LogP contribution in [-0.4, -0.2) is 35.9 Å². The van der Waals surface area contributed by atoms with Crippen LogP contribution in [0, 0.1) is 20.2 Å². The number of anilines is 1. The van der Waals surface area contributed by atoms with Crippen molar-refractivity contribution in [3.8, 4) is 0 Å². The monoisotopic (exact) mass is 427 g/mol. The van der Waals surface area contributed by atoms with Crippen molar-refractivity contribution in [3.63, 3.8) is 0 Å². The van der Waals surface area contributed by atoms with E-state index in [1.807, 2.05) is 18.0 Å². The second-order valence-electron chi connectivity index (χ2n) is 6.67. The number of rotatable bonds is 5. The molecule has 2 aliphatic rings. The second-order valence-corrected chi connectivity index (χ2v) is 7.07. The maximum absolute atomic E-state index is 11.0. The number of halogens is 1. The third-order valence-corrected chi connectivity index (χ3v) is 4.94. The van der Waals surface area contributed by atoms with Gasteiger partial charge in [0.15, 0.2) is 0 Å². The van der Waals surface area contributed by atoms with Crippen molar-refractivity contribution in [2.45, 2.75) is 13.1 Å². The number of nitro groups is 2. The van der Waals surface area contributed by atoms with Crippen LogP contribution in [0.5, 0.6) is 0 Å². The lowest BCUT2D eigenvalue weighted by Gasteiger charge is -2.18. The number of nitro benzene ring substituents is 2. The third-order valence-electron chi connectivity index (χ3n) is 4.64. The standard InChI is InChI=1S/C12H13N3O2.C8H5ClN2O2/c1-3-4-14(2)11-5-9-7-13-8-10(9)6-12(11)15(16)17;9-7-1-5-3-10-4-6(5)2-8(7)11(12)13/h3,5-6,8H,1,4,7H2,2H3;1-2,4H,3H2. The Balaban J connectivity index is 0.000000177. The van der Waals surface area contributed by atoms with Crippen LogP contribution < -0.4 is 4.90 Å². The molecule has 0 saturated heterocycles. The molecule has 0 amide bonds. The molecule has 30 heavy (non-hydrogen) atoms. The van der Waals surface area contributed by atoms with E-state index in [-0.39, 0.29) is 21.3 Å². The Hall–Kier alpha value is -3.59. The summed E-state index contributed by atoms with van der Waals surface area (Å²) in [5.74, 6) is 0. The van der Waals surface area contributed by atoms with Crippen molar-refractivity contribution in [1.82, 2.24) is 0 Å². The molecule has 2 aromatic rings. The average Bonchev–Trinajstić information content (AvgIpc) is 3.34. The van der Waals surface area contributed by atoms with Crippen molar-refractivity contribution in [3.05, 3.63) is 84.4 Å². The summed E-state index contributed by atoms with van der Waals surface area (Å²) in [7, 11) is 1.81. The van der Waals surface area contributed by atoms with Gasteiger partial charge in [-0.25, -0.2) is 0 Å². The van der Waals surface area contributed by atoms with Gasteiger partial charge in [0.25, 0.3) is 11.4 Å². The fourth-order valence-electron chi connectivity index (χ4n) is 3.14. The number of hydrogen-bond donors (Lipinski definition) is 0. The number of hydrogen-bond acceptors (Lipinski definition) is 7. The smallest absolute Gasteiger partial charge is 0.293 e. The Morgan fingerprint density at radius 2 is 1.57 bits per heavy atom. The van der Waals surface area contributed by atoms with E-state index in [0.29, 0.717) is 25.3 Å². The molecule has 0 aromatic heterocycles. The van der Waals surface area contributed by atoms with Crippen LogP contribution in [0.15, 0.2) is 46.9 Å². The summed E-state index contributed by atoms with van der Waals surface area (Å²) in [4.78, 5) is 30.6. The molecule has 2 heterocycles. The van der Waals surface area contributed by atoms with E-state index < -0.39 is 4.92 Å². The minimum absolute atomic E-state index is 0.0613. The number of aliphatic imine (C=N–C) groups is 2. The Morgan fingerprint density at radius 1 is 1.03 bits per heavy atom. The molecule has 0 radical (unpaired) electrons. The molecule has 2 aliphatic heterocycles. The van der Waals surface area contributed by atoms with E-state index in [1.54, 1.807) is 30.6 Å². The van der Waals surface area contributed by atoms with Gasteiger partial charge in [-0.1, -0.05) is 17.7 Å². The molecule has 154 valence electrons. The molecule has 10 heteroatoms.